The third-order valence-electron chi connectivity index (χ3n) is 3.38. The van der Waals surface area contributed by atoms with Crippen LogP contribution < -0.4 is 5.32 Å². The second kappa shape index (κ2) is 5.63. The summed E-state index contributed by atoms with van der Waals surface area (Å²) in [6.07, 6.45) is 3.14. The van der Waals surface area contributed by atoms with Crippen molar-refractivity contribution in [1.82, 2.24) is 4.98 Å². The average Bonchev–Trinajstić information content (AvgIpc) is 2.85. The highest BCUT2D eigenvalue weighted by molar-refractivity contribution is 7.21. The van der Waals surface area contributed by atoms with E-state index in [1.165, 1.54) is 11.3 Å². The fraction of sp³-hybridized carbons (Fsp3) is 0.125. The van der Waals surface area contributed by atoms with Crippen molar-refractivity contribution < 1.29 is 9.90 Å². The lowest BCUT2D eigenvalue weighted by molar-refractivity contribution is 0.103. The number of thiophene rings is 1. The van der Waals surface area contributed by atoms with E-state index < -0.39 is 0 Å². The van der Waals surface area contributed by atoms with Gasteiger partial charge >= 0.3 is 0 Å². The first-order valence-corrected chi connectivity index (χ1v) is 7.35. The number of aliphatic hydroxyl groups is 1. The van der Waals surface area contributed by atoms with Gasteiger partial charge in [-0.15, -0.1) is 11.3 Å². The van der Waals surface area contributed by atoms with E-state index in [2.05, 4.69) is 10.3 Å². The molecule has 0 fully saturated rings. The number of hydrogen-bond donors (Lipinski definition) is 2. The van der Waals surface area contributed by atoms with Gasteiger partial charge in [-0.25, -0.2) is 0 Å². The first-order chi connectivity index (χ1) is 10.2. The molecule has 0 aliphatic heterocycles. The zero-order chi connectivity index (χ0) is 14.8. The minimum Gasteiger partial charge on any atom is -0.392 e. The lowest BCUT2D eigenvalue weighted by Gasteiger charge is -2.08. The maximum Gasteiger partial charge on any atom is 0.266 e. The number of anilines is 1. The molecular weight excluding hydrogens is 284 g/mol. The van der Waals surface area contributed by atoms with Crippen LogP contribution in [0.25, 0.3) is 10.1 Å². The molecule has 106 valence electrons. The highest BCUT2D eigenvalue weighted by Gasteiger charge is 2.16. The number of carbonyl (C=O) groups excluding carboxylic acids is 1. The number of carbonyl (C=O) groups is 1. The Kier molecular flexibility index (Phi) is 3.68. The zero-order valence-corrected chi connectivity index (χ0v) is 12.3. The van der Waals surface area contributed by atoms with Crippen LogP contribution in [0, 0.1) is 6.92 Å². The number of aryl methyl sites for hydroxylation is 1. The summed E-state index contributed by atoms with van der Waals surface area (Å²) in [4.78, 5) is 17.1. The Hall–Kier alpha value is -2.24. The van der Waals surface area contributed by atoms with Crippen molar-refractivity contribution >= 4 is 33.0 Å². The van der Waals surface area contributed by atoms with Crippen molar-refractivity contribution in [3.8, 4) is 0 Å². The van der Waals surface area contributed by atoms with E-state index in [9.17, 15) is 9.90 Å². The molecular formula is C16H14N2O2S. The van der Waals surface area contributed by atoms with Crippen LogP contribution in [0.5, 0.6) is 0 Å². The molecule has 0 radical (unpaired) electrons. The Labute approximate surface area is 126 Å². The molecule has 4 nitrogen and oxygen atoms in total. The molecule has 0 bridgehead atoms. The largest absolute Gasteiger partial charge is 0.392 e. The number of nitrogens with one attached hydrogen (secondary N) is 1. The number of amides is 1. The van der Waals surface area contributed by atoms with Gasteiger partial charge in [0.05, 0.1) is 23.4 Å². The summed E-state index contributed by atoms with van der Waals surface area (Å²) in [6.45, 7) is 1.81. The predicted octanol–water partition coefficient (Wildman–Crippen LogP) is 3.35. The number of aromatic nitrogens is 1. The lowest BCUT2D eigenvalue weighted by atomic mass is 10.1. The van der Waals surface area contributed by atoms with Gasteiger partial charge in [0.1, 0.15) is 0 Å². The number of pyridine rings is 1. The number of benzene rings is 1. The molecule has 3 rings (SSSR count). The summed E-state index contributed by atoms with van der Waals surface area (Å²) in [5, 5.41) is 13.2. The standard InChI is InChI=1S/C16H14N2O2S/c1-10-12-4-2-3-5-14(12)21-15(10)16(20)18-13-8-17-7-6-11(13)9-19/h2-8,19H,9H2,1H3,(H,18,20). The molecule has 0 atom stereocenters. The SMILES string of the molecule is Cc1c(C(=O)Nc2cnccc2CO)sc2ccccc12. The van der Waals surface area contributed by atoms with E-state index in [1.807, 2.05) is 31.2 Å². The minimum absolute atomic E-state index is 0.135. The molecule has 1 aromatic carbocycles. The molecule has 0 unspecified atom stereocenters. The van der Waals surface area contributed by atoms with E-state index in [-0.39, 0.29) is 12.5 Å². The van der Waals surface area contributed by atoms with Gasteiger partial charge < -0.3 is 10.4 Å². The van der Waals surface area contributed by atoms with Gasteiger partial charge in [0.15, 0.2) is 0 Å². The van der Waals surface area contributed by atoms with Gasteiger partial charge in [-0.1, -0.05) is 18.2 Å². The molecule has 0 aliphatic rings. The molecule has 2 aromatic heterocycles. The Morgan fingerprint density at radius 1 is 1.33 bits per heavy atom. The van der Waals surface area contributed by atoms with E-state index in [0.29, 0.717) is 16.1 Å². The topological polar surface area (TPSA) is 62.2 Å². The van der Waals surface area contributed by atoms with Crippen LogP contribution in [-0.2, 0) is 6.61 Å². The van der Waals surface area contributed by atoms with Crippen molar-refractivity contribution in [2.75, 3.05) is 5.32 Å². The van der Waals surface area contributed by atoms with Crippen LogP contribution in [-0.4, -0.2) is 16.0 Å². The molecule has 0 saturated carbocycles. The molecule has 2 N–H and O–H groups in total. The average molecular weight is 298 g/mol. The molecule has 0 spiro atoms. The van der Waals surface area contributed by atoms with Crippen LogP contribution in [0.3, 0.4) is 0 Å². The summed E-state index contributed by atoms with van der Waals surface area (Å²) in [7, 11) is 0. The summed E-state index contributed by atoms with van der Waals surface area (Å²) >= 11 is 1.47. The van der Waals surface area contributed by atoms with Crippen molar-refractivity contribution in [2.24, 2.45) is 0 Å². The maximum absolute atomic E-state index is 12.5. The molecule has 1 amide bonds. The molecule has 5 heteroatoms. The molecule has 2 heterocycles. The van der Waals surface area contributed by atoms with Gasteiger partial charge in [0.25, 0.3) is 5.91 Å². The van der Waals surface area contributed by atoms with Crippen LogP contribution in [0.1, 0.15) is 20.8 Å². The Bertz CT molecular complexity index is 811. The summed E-state index contributed by atoms with van der Waals surface area (Å²) < 4.78 is 1.09. The van der Waals surface area contributed by atoms with Gasteiger partial charge in [0.2, 0.25) is 0 Å². The van der Waals surface area contributed by atoms with Gasteiger partial charge in [-0.05, 0) is 30.0 Å². The summed E-state index contributed by atoms with van der Waals surface area (Å²) in [5.41, 5.74) is 2.17. The first-order valence-electron chi connectivity index (χ1n) is 6.54. The number of rotatable bonds is 3. The minimum atomic E-state index is -0.170. The number of aliphatic hydroxyl groups excluding tert-OH is 1. The van der Waals surface area contributed by atoms with Gasteiger partial charge in [0, 0.05) is 16.5 Å². The second-order valence-corrected chi connectivity index (χ2v) is 5.75. The second-order valence-electron chi connectivity index (χ2n) is 4.70. The maximum atomic E-state index is 12.5. The van der Waals surface area contributed by atoms with E-state index >= 15 is 0 Å². The van der Waals surface area contributed by atoms with Crippen molar-refractivity contribution in [3.63, 3.8) is 0 Å². The van der Waals surface area contributed by atoms with Gasteiger partial charge in [-0.2, -0.15) is 0 Å². The normalized spacial score (nSPS) is 10.8. The van der Waals surface area contributed by atoms with E-state index in [4.69, 9.17) is 0 Å². The lowest BCUT2D eigenvalue weighted by Crippen LogP contribution is -2.13. The number of hydrogen-bond acceptors (Lipinski definition) is 4. The zero-order valence-electron chi connectivity index (χ0n) is 11.5. The third-order valence-corrected chi connectivity index (χ3v) is 4.65. The monoisotopic (exact) mass is 298 g/mol. The van der Waals surface area contributed by atoms with Crippen LogP contribution in [0.2, 0.25) is 0 Å². The van der Waals surface area contributed by atoms with Crippen molar-refractivity contribution in [3.05, 3.63) is 58.7 Å². The Morgan fingerprint density at radius 3 is 2.90 bits per heavy atom. The van der Waals surface area contributed by atoms with Crippen LogP contribution in [0.4, 0.5) is 5.69 Å². The highest BCUT2D eigenvalue weighted by atomic mass is 32.1. The van der Waals surface area contributed by atoms with Gasteiger partial charge in [-0.3, -0.25) is 9.78 Å². The fourth-order valence-corrected chi connectivity index (χ4v) is 3.35. The highest BCUT2D eigenvalue weighted by Crippen LogP contribution is 2.31. The van der Waals surface area contributed by atoms with Crippen LogP contribution >= 0.6 is 11.3 Å². The van der Waals surface area contributed by atoms with Crippen LogP contribution in [0.15, 0.2) is 42.7 Å². The Morgan fingerprint density at radius 2 is 2.14 bits per heavy atom. The predicted molar refractivity (Wildman–Crippen MR) is 84.7 cm³/mol. The summed E-state index contributed by atoms with van der Waals surface area (Å²) in [5.74, 6) is -0.170. The fourth-order valence-electron chi connectivity index (χ4n) is 2.24. The first kappa shape index (κ1) is 13.7. The van der Waals surface area contributed by atoms with Crippen molar-refractivity contribution in [1.29, 1.82) is 0 Å². The quantitative estimate of drug-likeness (QED) is 0.779. The molecule has 0 aliphatic carbocycles. The molecule has 0 saturated heterocycles. The van der Waals surface area contributed by atoms with E-state index in [0.717, 1.165) is 15.6 Å². The molecule has 21 heavy (non-hydrogen) atoms. The van der Waals surface area contributed by atoms with Crippen molar-refractivity contribution in [2.45, 2.75) is 13.5 Å². The number of fused-ring (bicyclic) bond motifs is 1. The third kappa shape index (κ3) is 2.53. The Balaban J connectivity index is 1.96. The van der Waals surface area contributed by atoms with E-state index in [1.54, 1.807) is 18.5 Å². The summed E-state index contributed by atoms with van der Waals surface area (Å²) in [6, 6.07) is 9.64. The smallest absolute Gasteiger partial charge is 0.266 e. The molecule has 3 aromatic rings. The number of nitrogens with zero attached hydrogens (tertiary/aromatic N) is 1.